The van der Waals surface area contributed by atoms with E-state index in [4.69, 9.17) is 9.73 Å². The topological polar surface area (TPSA) is 45.7 Å². The Morgan fingerprint density at radius 1 is 1.23 bits per heavy atom. The number of ether oxygens (including phenoxy) is 1. The summed E-state index contributed by atoms with van der Waals surface area (Å²) in [5, 5.41) is 6.73. The maximum absolute atomic E-state index is 5.59. The molecule has 122 valence electrons. The number of hydrogen-bond acceptors (Lipinski definition) is 2. The second-order valence-corrected chi connectivity index (χ2v) is 6.25. The molecule has 2 N–H and O–H groups in total. The number of hydrogen-bond donors (Lipinski definition) is 2. The summed E-state index contributed by atoms with van der Waals surface area (Å²) in [6.45, 7) is 9.67. The van der Waals surface area contributed by atoms with Crippen molar-refractivity contribution in [1.82, 2.24) is 10.6 Å². The van der Waals surface area contributed by atoms with E-state index in [-0.39, 0.29) is 5.41 Å². The summed E-state index contributed by atoms with van der Waals surface area (Å²) in [6.07, 6.45) is 2.06. The standard InChI is InChI=1S/C18H29N3O/c1-4-19-17(21-15(2)3)20-14-18(10-12-22-13-11-18)16-8-6-5-7-9-16/h5-9,15H,4,10-14H2,1-3H3,(H2,19,20,21). The van der Waals surface area contributed by atoms with Crippen molar-refractivity contribution in [2.45, 2.75) is 45.1 Å². The van der Waals surface area contributed by atoms with Gasteiger partial charge < -0.3 is 15.4 Å². The van der Waals surface area contributed by atoms with Crippen LogP contribution in [0.1, 0.15) is 39.2 Å². The summed E-state index contributed by atoms with van der Waals surface area (Å²) in [7, 11) is 0. The Kier molecular flexibility index (Phi) is 6.25. The molecule has 2 rings (SSSR count). The Morgan fingerprint density at radius 2 is 1.91 bits per heavy atom. The molecular weight excluding hydrogens is 274 g/mol. The monoisotopic (exact) mass is 303 g/mol. The highest BCUT2D eigenvalue weighted by Gasteiger charge is 2.34. The Labute approximate surface area is 134 Å². The van der Waals surface area contributed by atoms with Gasteiger partial charge in [-0.05, 0) is 39.2 Å². The first-order valence-corrected chi connectivity index (χ1v) is 8.34. The molecule has 1 aliphatic heterocycles. The van der Waals surface area contributed by atoms with Crippen LogP contribution in [0.4, 0.5) is 0 Å². The maximum Gasteiger partial charge on any atom is 0.191 e. The van der Waals surface area contributed by atoms with Gasteiger partial charge in [0.2, 0.25) is 0 Å². The fourth-order valence-corrected chi connectivity index (χ4v) is 2.92. The van der Waals surface area contributed by atoms with Crippen molar-refractivity contribution in [2.75, 3.05) is 26.3 Å². The maximum atomic E-state index is 5.59. The first-order chi connectivity index (χ1) is 10.7. The van der Waals surface area contributed by atoms with E-state index in [1.54, 1.807) is 0 Å². The van der Waals surface area contributed by atoms with Gasteiger partial charge in [-0.3, -0.25) is 4.99 Å². The Bertz CT molecular complexity index is 464. The van der Waals surface area contributed by atoms with Crippen LogP contribution in [0.3, 0.4) is 0 Å². The Morgan fingerprint density at radius 3 is 2.50 bits per heavy atom. The van der Waals surface area contributed by atoms with E-state index in [2.05, 4.69) is 61.7 Å². The van der Waals surface area contributed by atoms with Gasteiger partial charge >= 0.3 is 0 Å². The van der Waals surface area contributed by atoms with Gasteiger partial charge in [0.25, 0.3) is 0 Å². The normalized spacial score (nSPS) is 18.3. The molecule has 0 spiro atoms. The van der Waals surface area contributed by atoms with E-state index >= 15 is 0 Å². The van der Waals surface area contributed by atoms with E-state index in [1.807, 2.05) is 0 Å². The molecule has 0 amide bonds. The molecule has 1 saturated heterocycles. The van der Waals surface area contributed by atoms with Crippen molar-refractivity contribution in [3.63, 3.8) is 0 Å². The second-order valence-electron chi connectivity index (χ2n) is 6.25. The number of benzene rings is 1. The predicted molar refractivity (Wildman–Crippen MR) is 92.4 cm³/mol. The van der Waals surface area contributed by atoms with Crippen molar-refractivity contribution < 1.29 is 4.74 Å². The number of nitrogens with zero attached hydrogens (tertiary/aromatic N) is 1. The molecule has 4 heteroatoms. The molecule has 0 aromatic heterocycles. The zero-order valence-corrected chi connectivity index (χ0v) is 14.1. The van der Waals surface area contributed by atoms with Crippen molar-refractivity contribution in [2.24, 2.45) is 4.99 Å². The molecule has 1 heterocycles. The van der Waals surface area contributed by atoms with Gasteiger partial charge in [-0.25, -0.2) is 0 Å². The van der Waals surface area contributed by atoms with Crippen LogP contribution in [0.2, 0.25) is 0 Å². The molecule has 1 aliphatic rings. The third-order valence-electron chi connectivity index (χ3n) is 4.15. The van der Waals surface area contributed by atoms with E-state index in [0.29, 0.717) is 6.04 Å². The highest BCUT2D eigenvalue weighted by atomic mass is 16.5. The lowest BCUT2D eigenvalue weighted by Crippen LogP contribution is -2.43. The van der Waals surface area contributed by atoms with Crippen LogP contribution < -0.4 is 10.6 Å². The summed E-state index contributed by atoms with van der Waals surface area (Å²) in [6, 6.07) is 11.1. The SMILES string of the molecule is CCNC(=NCC1(c2ccccc2)CCOCC1)NC(C)C. The Balaban J connectivity index is 2.19. The highest BCUT2D eigenvalue weighted by Crippen LogP contribution is 2.35. The molecule has 4 nitrogen and oxygen atoms in total. The fourth-order valence-electron chi connectivity index (χ4n) is 2.92. The fraction of sp³-hybridized carbons (Fsp3) is 0.611. The average Bonchev–Trinajstić information content (AvgIpc) is 2.54. The van der Waals surface area contributed by atoms with Gasteiger partial charge in [0.15, 0.2) is 5.96 Å². The molecule has 0 radical (unpaired) electrons. The van der Waals surface area contributed by atoms with Crippen LogP contribution in [0.5, 0.6) is 0 Å². The molecule has 1 fully saturated rings. The zero-order chi connectivity index (χ0) is 15.8. The minimum atomic E-state index is 0.0961. The number of nitrogens with one attached hydrogen (secondary N) is 2. The van der Waals surface area contributed by atoms with E-state index in [1.165, 1.54) is 5.56 Å². The summed E-state index contributed by atoms with van der Waals surface area (Å²) in [4.78, 5) is 4.86. The summed E-state index contributed by atoms with van der Waals surface area (Å²) >= 11 is 0. The van der Waals surface area contributed by atoms with Crippen molar-refractivity contribution >= 4 is 5.96 Å². The van der Waals surface area contributed by atoms with Crippen LogP contribution in [-0.2, 0) is 10.2 Å². The third kappa shape index (κ3) is 4.47. The lowest BCUT2D eigenvalue weighted by atomic mass is 9.74. The summed E-state index contributed by atoms with van der Waals surface area (Å²) in [5.41, 5.74) is 1.47. The van der Waals surface area contributed by atoms with E-state index in [0.717, 1.165) is 45.1 Å². The lowest BCUT2D eigenvalue weighted by Gasteiger charge is -2.36. The van der Waals surface area contributed by atoms with Gasteiger partial charge in [0.05, 0.1) is 6.54 Å². The first-order valence-electron chi connectivity index (χ1n) is 8.34. The molecule has 1 aromatic rings. The lowest BCUT2D eigenvalue weighted by molar-refractivity contribution is 0.0531. The number of guanidine groups is 1. The predicted octanol–water partition coefficient (Wildman–Crippen LogP) is 2.70. The molecule has 22 heavy (non-hydrogen) atoms. The van der Waals surface area contributed by atoms with Crippen LogP contribution in [0.15, 0.2) is 35.3 Å². The summed E-state index contributed by atoms with van der Waals surface area (Å²) in [5.74, 6) is 0.902. The molecule has 0 saturated carbocycles. The average molecular weight is 303 g/mol. The number of rotatable bonds is 5. The van der Waals surface area contributed by atoms with Gasteiger partial charge in [-0.2, -0.15) is 0 Å². The molecule has 0 bridgehead atoms. The minimum absolute atomic E-state index is 0.0961. The van der Waals surface area contributed by atoms with Crippen LogP contribution in [0, 0.1) is 0 Å². The quantitative estimate of drug-likeness (QED) is 0.649. The van der Waals surface area contributed by atoms with Crippen molar-refractivity contribution in [3.05, 3.63) is 35.9 Å². The van der Waals surface area contributed by atoms with Crippen molar-refractivity contribution in [3.8, 4) is 0 Å². The highest BCUT2D eigenvalue weighted by molar-refractivity contribution is 5.80. The smallest absolute Gasteiger partial charge is 0.191 e. The first kappa shape index (κ1) is 16.8. The molecular formula is C18H29N3O. The largest absolute Gasteiger partial charge is 0.381 e. The zero-order valence-electron chi connectivity index (χ0n) is 14.1. The van der Waals surface area contributed by atoms with E-state index < -0.39 is 0 Å². The van der Waals surface area contributed by atoms with Gasteiger partial charge in [0, 0.05) is 31.2 Å². The van der Waals surface area contributed by atoms with Gasteiger partial charge in [0.1, 0.15) is 0 Å². The van der Waals surface area contributed by atoms with Crippen molar-refractivity contribution in [1.29, 1.82) is 0 Å². The molecule has 0 unspecified atom stereocenters. The molecule has 0 aliphatic carbocycles. The summed E-state index contributed by atoms with van der Waals surface area (Å²) < 4.78 is 5.59. The van der Waals surface area contributed by atoms with Crippen LogP contribution in [0.25, 0.3) is 0 Å². The van der Waals surface area contributed by atoms with Gasteiger partial charge in [-0.1, -0.05) is 30.3 Å². The van der Waals surface area contributed by atoms with E-state index in [9.17, 15) is 0 Å². The molecule has 1 aromatic carbocycles. The number of aliphatic imine (C=N–C) groups is 1. The second kappa shape index (κ2) is 8.18. The minimum Gasteiger partial charge on any atom is -0.381 e. The van der Waals surface area contributed by atoms with Gasteiger partial charge in [-0.15, -0.1) is 0 Å². The van der Waals surface area contributed by atoms with Crippen LogP contribution >= 0.6 is 0 Å². The third-order valence-corrected chi connectivity index (χ3v) is 4.15. The molecule has 0 atom stereocenters. The Hall–Kier alpha value is -1.55. The van der Waals surface area contributed by atoms with Crippen LogP contribution in [-0.4, -0.2) is 38.3 Å².